The Morgan fingerprint density at radius 1 is 1.16 bits per heavy atom. The summed E-state index contributed by atoms with van der Waals surface area (Å²) in [6, 6.07) is 18.5. The summed E-state index contributed by atoms with van der Waals surface area (Å²) in [5, 5.41) is 11.7. The van der Waals surface area contributed by atoms with Crippen molar-refractivity contribution in [2.24, 2.45) is 0 Å². The van der Waals surface area contributed by atoms with Crippen LogP contribution in [0.5, 0.6) is 0 Å². The number of carbonyl (C=O) groups excluding carboxylic acids is 1. The van der Waals surface area contributed by atoms with Gasteiger partial charge in [0.1, 0.15) is 10.6 Å². The monoisotopic (exact) mass is 464 g/mol. The van der Waals surface area contributed by atoms with Crippen molar-refractivity contribution in [1.29, 1.82) is 5.26 Å². The van der Waals surface area contributed by atoms with E-state index in [1.807, 2.05) is 41.8 Å². The first-order valence-corrected chi connectivity index (χ1v) is 11.6. The van der Waals surface area contributed by atoms with Gasteiger partial charge in [0, 0.05) is 12.2 Å². The van der Waals surface area contributed by atoms with Gasteiger partial charge in [0.05, 0.1) is 29.3 Å². The van der Waals surface area contributed by atoms with Gasteiger partial charge in [-0.25, -0.2) is 9.37 Å². The van der Waals surface area contributed by atoms with Crippen molar-refractivity contribution in [2.75, 3.05) is 17.2 Å². The van der Waals surface area contributed by atoms with E-state index in [9.17, 15) is 14.0 Å². The molecule has 0 radical (unpaired) electrons. The lowest BCUT2D eigenvalue weighted by atomic mass is 10.2. The number of rotatable bonds is 7. The fourth-order valence-electron chi connectivity index (χ4n) is 3.18. The second-order valence-corrected chi connectivity index (χ2v) is 8.57. The van der Waals surface area contributed by atoms with Crippen molar-refractivity contribution in [1.82, 2.24) is 9.55 Å². The van der Waals surface area contributed by atoms with E-state index < -0.39 is 5.82 Å². The van der Waals surface area contributed by atoms with E-state index in [2.05, 4.69) is 4.98 Å². The maximum atomic E-state index is 13.3. The molecule has 32 heavy (non-hydrogen) atoms. The number of hydrogen-bond donors (Lipinski definition) is 0. The molecule has 0 aliphatic carbocycles. The summed E-state index contributed by atoms with van der Waals surface area (Å²) < 4.78 is 14.8. The third-order valence-electron chi connectivity index (χ3n) is 4.69. The van der Waals surface area contributed by atoms with Crippen LogP contribution in [0.4, 0.5) is 10.1 Å². The third-order valence-corrected chi connectivity index (χ3v) is 6.42. The quantitative estimate of drug-likeness (QED) is 0.294. The van der Waals surface area contributed by atoms with Gasteiger partial charge in [0.15, 0.2) is 5.16 Å². The van der Waals surface area contributed by atoms with Crippen molar-refractivity contribution in [3.63, 3.8) is 0 Å². The number of nitriles is 1. The Morgan fingerprint density at radius 3 is 2.62 bits per heavy atom. The number of amides is 1. The predicted octanol–water partition coefficient (Wildman–Crippen LogP) is 4.63. The number of halogens is 1. The van der Waals surface area contributed by atoms with Crippen LogP contribution in [0.2, 0.25) is 0 Å². The lowest BCUT2D eigenvalue weighted by molar-refractivity contribution is -0.116. The number of carbonyl (C=O) groups is 1. The minimum atomic E-state index is -0.406. The molecule has 0 unspecified atom stereocenters. The molecule has 0 saturated carbocycles. The molecule has 4 aromatic rings. The molecule has 160 valence electrons. The Balaban J connectivity index is 1.65. The predicted molar refractivity (Wildman–Crippen MR) is 125 cm³/mol. The van der Waals surface area contributed by atoms with E-state index >= 15 is 0 Å². The van der Waals surface area contributed by atoms with Crippen LogP contribution in [0, 0.1) is 17.1 Å². The van der Waals surface area contributed by atoms with Crippen molar-refractivity contribution in [3.8, 4) is 11.8 Å². The summed E-state index contributed by atoms with van der Waals surface area (Å²) in [6.07, 6.45) is 0.141. The maximum absolute atomic E-state index is 13.3. The molecule has 0 bridgehead atoms. The molecule has 2 aromatic heterocycles. The normalized spacial score (nSPS) is 10.8. The van der Waals surface area contributed by atoms with Crippen LogP contribution in [0.1, 0.15) is 6.42 Å². The third kappa shape index (κ3) is 4.56. The largest absolute Gasteiger partial charge is 0.311 e. The molecule has 6 nitrogen and oxygen atoms in total. The van der Waals surface area contributed by atoms with Crippen LogP contribution in [0.3, 0.4) is 0 Å². The Bertz CT molecular complexity index is 1340. The van der Waals surface area contributed by atoms with E-state index in [1.165, 1.54) is 45.1 Å². The van der Waals surface area contributed by atoms with Crippen LogP contribution < -0.4 is 10.5 Å². The lowest BCUT2D eigenvalue weighted by Crippen LogP contribution is -2.33. The Morgan fingerprint density at radius 2 is 1.91 bits per heavy atom. The van der Waals surface area contributed by atoms with Gasteiger partial charge in [0.2, 0.25) is 5.91 Å². The molecular weight excluding hydrogens is 447 g/mol. The number of nitrogens with zero attached hydrogens (tertiary/aromatic N) is 4. The number of anilines is 1. The van der Waals surface area contributed by atoms with E-state index in [0.29, 0.717) is 26.7 Å². The van der Waals surface area contributed by atoms with Crippen LogP contribution in [-0.4, -0.2) is 27.8 Å². The van der Waals surface area contributed by atoms with Crippen molar-refractivity contribution in [3.05, 3.63) is 82.2 Å². The molecule has 0 aliphatic rings. The second-order valence-electron chi connectivity index (χ2n) is 6.73. The van der Waals surface area contributed by atoms with Crippen LogP contribution in [-0.2, 0) is 4.79 Å². The lowest BCUT2D eigenvalue weighted by Gasteiger charge is -2.22. The number of benzene rings is 2. The summed E-state index contributed by atoms with van der Waals surface area (Å²) in [4.78, 5) is 32.9. The second kappa shape index (κ2) is 9.77. The zero-order valence-electron chi connectivity index (χ0n) is 16.8. The Kier molecular flexibility index (Phi) is 6.63. The first-order valence-electron chi connectivity index (χ1n) is 9.70. The highest BCUT2D eigenvalue weighted by atomic mass is 32.2. The molecule has 2 heterocycles. The molecule has 0 saturated heterocycles. The van der Waals surface area contributed by atoms with Gasteiger partial charge in [-0.05, 0) is 47.8 Å². The highest BCUT2D eigenvalue weighted by molar-refractivity contribution is 7.99. The molecule has 4 rings (SSSR count). The first-order chi connectivity index (χ1) is 15.6. The van der Waals surface area contributed by atoms with E-state index in [4.69, 9.17) is 5.26 Å². The molecule has 0 atom stereocenters. The number of para-hydroxylation sites is 1. The standard InChI is InChI=1S/C23H17FN4O2S2/c24-16-7-9-17(10-8-16)27(13-4-12-25)20(29)15-32-23-26-21-19(11-14-31-21)22(30)28(23)18-5-2-1-3-6-18/h1-3,5-11,14H,4,13,15H2. The molecule has 1 amide bonds. The highest BCUT2D eigenvalue weighted by Gasteiger charge is 2.19. The van der Waals surface area contributed by atoms with Gasteiger partial charge in [-0.2, -0.15) is 5.26 Å². The van der Waals surface area contributed by atoms with E-state index in [1.54, 1.807) is 6.07 Å². The fraction of sp³-hybridized carbons (Fsp3) is 0.130. The number of thioether (sulfide) groups is 1. The van der Waals surface area contributed by atoms with Crippen LogP contribution in [0.15, 0.2) is 76.0 Å². The number of hydrogen-bond acceptors (Lipinski definition) is 6. The molecule has 9 heteroatoms. The number of fused-ring (bicyclic) bond motifs is 1. The summed E-state index contributed by atoms with van der Waals surface area (Å²) in [5.74, 6) is -0.674. The summed E-state index contributed by atoms with van der Waals surface area (Å²) in [6.45, 7) is 0.185. The number of aromatic nitrogens is 2. The molecular formula is C23H17FN4O2S2. The van der Waals surface area contributed by atoms with Gasteiger partial charge < -0.3 is 4.90 Å². The zero-order valence-corrected chi connectivity index (χ0v) is 18.4. The van der Waals surface area contributed by atoms with Crippen LogP contribution >= 0.6 is 23.1 Å². The first kappa shape index (κ1) is 21.7. The van der Waals surface area contributed by atoms with Crippen molar-refractivity contribution < 1.29 is 9.18 Å². The maximum Gasteiger partial charge on any atom is 0.267 e. The molecule has 2 aromatic carbocycles. The highest BCUT2D eigenvalue weighted by Crippen LogP contribution is 2.25. The molecule has 0 fully saturated rings. The number of thiophene rings is 1. The molecule has 0 N–H and O–H groups in total. The zero-order chi connectivity index (χ0) is 22.5. The minimum Gasteiger partial charge on any atom is -0.311 e. The fourth-order valence-corrected chi connectivity index (χ4v) is 4.88. The minimum absolute atomic E-state index is 0.00103. The molecule has 0 spiro atoms. The Labute approximate surface area is 191 Å². The molecule has 0 aliphatic heterocycles. The van der Waals surface area contributed by atoms with Gasteiger partial charge >= 0.3 is 0 Å². The van der Waals surface area contributed by atoms with Gasteiger partial charge in [-0.3, -0.25) is 14.2 Å². The van der Waals surface area contributed by atoms with Gasteiger partial charge in [0.25, 0.3) is 5.56 Å². The summed E-state index contributed by atoms with van der Waals surface area (Å²) in [7, 11) is 0. The van der Waals surface area contributed by atoms with Crippen molar-refractivity contribution >= 4 is 44.9 Å². The van der Waals surface area contributed by atoms with E-state index in [-0.39, 0.29) is 30.2 Å². The SMILES string of the molecule is N#CCCN(C(=O)CSc1nc2sccc2c(=O)n1-c1ccccc1)c1ccc(F)cc1. The summed E-state index contributed by atoms with van der Waals surface area (Å²) >= 11 is 2.52. The summed E-state index contributed by atoms with van der Waals surface area (Å²) in [5.41, 5.74) is 0.972. The topological polar surface area (TPSA) is 79.0 Å². The van der Waals surface area contributed by atoms with Crippen LogP contribution in [0.25, 0.3) is 15.9 Å². The van der Waals surface area contributed by atoms with Gasteiger partial charge in [-0.1, -0.05) is 30.0 Å². The average molecular weight is 465 g/mol. The van der Waals surface area contributed by atoms with E-state index in [0.717, 1.165) is 11.8 Å². The Hall–Kier alpha value is -3.48. The van der Waals surface area contributed by atoms with Crippen molar-refractivity contribution in [2.45, 2.75) is 11.6 Å². The smallest absolute Gasteiger partial charge is 0.267 e. The average Bonchev–Trinajstić information content (AvgIpc) is 3.29. The van der Waals surface area contributed by atoms with Gasteiger partial charge in [-0.15, -0.1) is 11.3 Å².